The molecule has 0 heterocycles. The van der Waals surface area contributed by atoms with Crippen LogP contribution in [0.15, 0.2) is 72.8 Å². The van der Waals surface area contributed by atoms with Crippen LogP contribution in [0.25, 0.3) is 6.08 Å². The number of hydrogen-bond acceptors (Lipinski definition) is 4. The van der Waals surface area contributed by atoms with Crippen LogP contribution in [0.3, 0.4) is 0 Å². The van der Waals surface area contributed by atoms with Gasteiger partial charge in [-0.25, -0.2) is 0 Å². The number of rotatable bonds is 11. The lowest BCUT2D eigenvalue weighted by Gasteiger charge is -2.12. The monoisotopic (exact) mass is 484 g/mol. The van der Waals surface area contributed by atoms with Crippen molar-refractivity contribution in [2.45, 2.75) is 32.0 Å². The maximum absolute atomic E-state index is 13.3. The Hall–Kier alpha value is -3.74. The van der Waals surface area contributed by atoms with E-state index in [2.05, 4.69) is 0 Å². The van der Waals surface area contributed by atoms with Crippen molar-refractivity contribution in [3.63, 3.8) is 0 Å². The second kappa shape index (κ2) is 12.1. The standard InChI is InChI=1S/C28H27F3O4/c1-33-24-15-13-22(25(18-24)28(29,30)31)12-14-23(32)10-6-9-20-11-16-26(34-2)27(17-20)35-19-21-7-4-3-5-8-21/h3-5,7-8,11-18H,6,9-10,19H2,1-2H3/b14-12+. The molecule has 7 heteroatoms. The molecule has 0 spiro atoms. The first-order valence-corrected chi connectivity index (χ1v) is 11.1. The first-order chi connectivity index (χ1) is 16.8. The number of carbonyl (C=O) groups excluding carboxylic acids is 1. The highest BCUT2D eigenvalue weighted by atomic mass is 19.4. The van der Waals surface area contributed by atoms with Crippen molar-refractivity contribution in [3.8, 4) is 17.2 Å². The van der Waals surface area contributed by atoms with Crippen molar-refractivity contribution in [2.75, 3.05) is 14.2 Å². The van der Waals surface area contributed by atoms with Crippen molar-refractivity contribution in [2.24, 2.45) is 0 Å². The molecule has 0 radical (unpaired) electrons. The zero-order chi connectivity index (χ0) is 25.3. The van der Waals surface area contributed by atoms with Gasteiger partial charge in [-0.1, -0.05) is 48.5 Å². The normalized spacial score (nSPS) is 11.5. The van der Waals surface area contributed by atoms with Gasteiger partial charge in [-0.3, -0.25) is 4.79 Å². The Labute approximate surface area is 203 Å². The van der Waals surface area contributed by atoms with Crippen LogP contribution in [-0.4, -0.2) is 20.0 Å². The van der Waals surface area contributed by atoms with Crippen LogP contribution >= 0.6 is 0 Å². The van der Waals surface area contributed by atoms with Crippen LogP contribution in [0, 0.1) is 0 Å². The average molecular weight is 485 g/mol. The molecule has 0 fully saturated rings. The van der Waals surface area contributed by atoms with Gasteiger partial charge in [-0.05, 0) is 59.9 Å². The van der Waals surface area contributed by atoms with Gasteiger partial charge in [0.1, 0.15) is 12.4 Å². The Kier molecular flexibility index (Phi) is 8.95. The number of allylic oxidation sites excluding steroid dienone is 1. The van der Waals surface area contributed by atoms with E-state index in [0.29, 0.717) is 30.9 Å². The summed E-state index contributed by atoms with van der Waals surface area (Å²) in [6.45, 7) is 0.398. The third-order valence-electron chi connectivity index (χ3n) is 5.37. The van der Waals surface area contributed by atoms with E-state index in [0.717, 1.165) is 17.2 Å². The fraction of sp³-hybridized carbons (Fsp3) is 0.250. The Morgan fingerprint density at radius 3 is 2.34 bits per heavy atom. The van der Waals surface area contributed by atoms with Gasteiger partial charge >= 0.3 is 6.18 Å². The average Bonchev–Trinajstić information content (AvgIpc) is 2.86. The van der Waals surface area contributed by atoms with E-state index in [-0.39, 0.29) is 23.5 Å². The summed E-state index contributed by atoms with van der Waals surface area (Å²) in [5, 5.41) is 0. The zero-order valence-electron chi connectivity index (χ0n) is 19.6. The SMILES string of the molecule is COc1ccc(/C=C/C(=O)CCCc2ccc(OC)c(OCc3ccccc3)c2)c(C(F)(F)F)c1. The number of hydrogen-bond donors (Lipinski definition) is 0. The number of aryl methyl sites for hydroxylation is 1. The fourth-order valence-corrected chi connectivity index (χ4v) is 3.51. The number of methoxy groups -OCH3 is 2. The smallest absolute Gasteiger partial charge is 0.417 e. The Bertz CT molecular complexity index is 1150. The van der Waals surface area contributed by atoms with Crippen molar-refractivity contribution in [1.82, 2.24) is 0 Å². The maximum Gasteiger partial charge on any atom is 0.417 e. The largest absolute Gasteiger partial charge is 0.497 e. The third-order valence-corrected chi connectivity index (χ3v) is 5.37. The summed E-state index contributed by atoms with van der Waals surface area (Å²) < 4.78 is 56.1. The Morgan fingerprint density at radius 1 is 0.886 bits per heavy atom. The van der Waals surface area contributed by atoms with Gasteiger partial charge < -0.3 is 14.2 Å². The van der Waals surface area contributed by atoms with E-state index in [1.165, 1.54) is 31.4 Å². The minimum atomic E-state index is -4.55. The minimum Gasteiger partial charge on any atom is -0.497 e. The maximum atomic E-state index is 13.3. The number of benzene rings is 3. The number of ketones is 1. The number of ether oxygens (including phenoxy) is 3. The van der Waals surface area contributed by atoms with Crippen LogP contribution in [0.5, 0.6) is 17.2 Å². The molecular formula is C28H27F3O4. The molecule has 3 aromatic carbocycles. The lowest BCUT2D eigenvalue weighted by atomic mass is 10.0. The number of carbonyl (C=O) groups is 1. The van der Waals surface area contributed by atoms with Crippen LogP contribution in [-0.2, 0) is 24.0 Å². The number of alkyl halides is 3. The summed E-state index contributed by atoms with van der Waals surface area (Å²) in [6, 6.07) is 19.0. The lowest BCUT2D eigenvalue weighted by molar-refractivity contribution is -0.137. The molecule has 184 valence electrons. The van der Waals surface area contributed by atoms with E-state index >= 15 is 0 Å². The van der Waals surface area contributed by atoms with Crippen LogP contribution in [0.4, 0.5) is 13.2 Å². The summed E-state index contributed by atoms with van der Waals surface area (Å²) in [6.07, 6.45) is -0.789. The highest BCUT2D eigenvalue weighted by Gasteiger charge is 2.33. The van der Waals surface area contributed by atoms with Gasteiger partial charge in [0, 0.05) is 6.42 Å². The van der Waals surface area contributed by atoms with Gasteiger partial charge in [-0.2, -0.15) is 13.2 Å². The lowest BCUT2D eigenvalue weighted by Crippen LogP contribution is -2.08. The van der Waals surface area contributed by atoms with Crippen LogP contribution in [0.1, 0.15) is 35.1 Å². The molecule has 0 aliphatic carbocycles. The highest BCUT2D eigenvalue weighted by Crippen LogP contribution is 2.35. The van der Waals surface area contributed by atoms with Gasteiger partial charge in [-0.15, -0.1) is 0 Å². The Morgan fingerprint density at radius 2 is 1.66 bits per heavy atom. The quantitative estimate of drug-likeness (QED) is 0.278. The first-order valence-electron chi connectivity index (χ1n) is 11.1. The van der Waals surface area contributed by atoms with Crippen LogP contribution in [0.2, 0.25) is 0 Å². The molecule has 0 N–H and O–H groups in total. The molecule has 0 aromatic heterocycles. The van der Waals surface area contributed by atoms with Crippen molar-refractivity contribution >= 4 is 11.9 Å². The second-order valence-electron chi connectivity index (χ2n) is 7.86. The van der Waals surface area contributed by atoms with E-state index in [4.69, 9.17) is 14.2 Å². The van der Waals surface area contributed by atoms with Gasteiger partial charge in [0.15, 0.2) is 17.3 Å². The molecule has 0 bridgehead atoms. The molecule has 0 atom stereocenters. The molecule has 0 saturated carbocycles. The fourth-order valence-electron chi connectivity index (χ4n) is 3.51. The molecule has 0 unspecified atom stereocenters. The molecule has 35 heavy (non-hydrogen) atoms. The first kappa shape index (κ1) is 25.9. The van der Waals surface area contributed by atoms with E-state index in [1.807, 2.05) is 48.5 Å². The molecule has 0 aliphatic rings. The molecule has 0 saturated heterocycles. The van der Waals surface area contributed by atoms with Crippen molar-refractivity contribution in [1.29, 1.82) is 0 Å². The molecule has 3 rings (SSSR count). The van der Waals surface area contributed by atoms with Crippen LogP contribution < -0.4 is 14.2 Å². The molecule has 0 aliphatic heterocycles. The third kappa shape index (κ3) is 7.64. The molecule has 3 aromatic rings. The predicted octanol–water partition coefficient (Wildman–Crippen LogP) is 6.91. The van der Waals surface area contributed by atoms with E-state index in [9.17, 15) is 18.0 Å². The molecule has 0 amide bonds. The van der Waals surface area contributed by atoms with Crippen molar-refractivity contribution in [3.05, 3.63) is 95.1 Å². The summed E-state index contributed by atoms with van der Waals surface area (Å²) in [5.74, 6) is 1.08. The van der Waals surface area contributed by atoms with E-state index < -0.39 is 11.7 Å². The number of halogens is 3. The summed E-state index contributed by atoms with van der Waals surface area (Å²) in [5.41, 5.74) is 1.08. The highest BCUT2D eigenvalue weighted by molar-refractivity contribution is 5.93. The van der Waals surface area contributed by atoms with Gasteiger partial charge in [0.25, 0.3) is 0 Å². The topological polar surface area (TPSA) is 44.8 Å². The minimum absolute atomic E-state index is 0.0815. The predicted molar refractivity (Wildman–Crippen MR) is 129 cm³/mol. The molecule has 4 nitrogen and oxygen atoms in total. The van der Waals surface area contributed by atoms with Gasteiger partial charge in [0.05, 0.1) is 19.8 Å². The van der Waals surface area contributed by atoms with Gasteiger partial charge in [0.2, 0.25) is 0 Å². The second-order valence-corrected chi connectivity index (χ2v) is 7.86. The Balaban J connectivity index is 1.58. The molecular weight excluding hydrogens is 457 g/mol. The van der Waals surface area contributed by atoms with E-state index in [1.54, 1.807) is 7.11 Å². The summed E-state index contributed by atoms with van der Waals surface area (Å²) in [4.78, 5) is 12.3. The summed E-state index contributed by atoms with van der Waals surface area (Å²) >= 11 is 0. The zero-order valence-corrected chi connectivity index (χ0v) is 19.6. The van der Waals surface area contributed by atoms with Crippen molar-refractivity contribution < 1.29 is 32.2 Å². The summed E-state index contributed by atoms with van der Waals surface area (Å²) in [7, 11) is 2.87.